The Bertz CT molecular complexity index is 743. The van der Waals surface area contributed by atoms with Crippen molar-refractivity contribution < 1.29 is 19.2 Å². The monoisotopic (exact) mass is 386 g/mol. The van der Waals surface area contributed by atoms with Crippen molar-refractivity contribution in [2.24, 2.45) is 10.6 Å². The third-order valence-corrected chi connectivity index (χ3v) is 5.68. The first-order chi connectivity index (χ1) is 13.5. The van der Waals surface area contributed by atoms with Crippen molar-refractivity contribution >= 4 is 17.6 Å². The summed E-state index contributed by atoms with van der Waals surface area (Å²) < 4.78 is 5.41. The van der Waals surface area contributed by atoms with Crippen molar-refractivity contribution in [3.8, 4) is 0 Å². The van der Waals surface area contributed by atoms with Crippen LogP contribution in [0, 0.1) is 12.3 Å². The van der Waals surface area contributed by atoms with Crippen molar-refractivity contribution in [3.05, 3.63) is 35.4 Å². The van der Waals surface area contributed by atoms with E-state index in [0.717, 1.165) is 17.7 Å². The van der Waals surface area contributed by atoms with Gasteiger partial charge in [0.2, 0.25) is 5.91 Å². The lowest BCUT2D eigenvalue weighted by molar-refractivity contribution is -0.163. The molecule has 0 spiro atoms. The quantitative estimate of drug-likeness (QED) is 0.702. The van der Waals surface area contributed by atoms with Crippen LogP contribution in [0.15, 0.2) is 29.4 Å². The van der Waals surface area contributed by atoms with Gasteiger partial charge in [0.15, 0.2) is 0 Å². The molecule has 0 aliphatic carbocycles. The fourth-order valence-corrected chi connectivity index (χ4v) is 4.16. The number of hydrogen-bond acceptors (Lipinski definition) is 5. The summed E-state index contributed by atoms with van der Waals surface area (Å²) >= 11 is 0. The van der Waals surface area contributed by atoms with E-state index in [1.165, 1.54) is 5.56 Å². The second kappa shape index (κ2) is 8.76. The van der Waals surface area contributed by atoms with Gasteiger partial charge in [-0.05, 0) is 32.3 Å². The Hall–Kier alpha value is -2.37. The Morgan fingerprint density at radius 1 is 1.29 bits per heavy atom. The molecule has 0 radical (unpaired) electrons. The van der Waals surface area contributed by atoms with Crippen molar-refractivity contribution in [1.29, 1.82) is 0 Å². The zero-order valence-corrected chi connectivity index (χ0v) is 17.1. The smallest absolute Gasteiger partial charge is 0.314 e. The summed E-state index contributed by atoms with van der Waals surface area (Å²) in [6.45, 7) is 7.15. The summed E-state index contributed by atoms with van der Waals surface area (Å²) in [6, 6.07) is 8.20. The van der Waals surface area contributed by atoms with Crippen molar-refractivity contribution in [2.45, 2.75) is 59.0 Å². The number of nitrogens with zero attached hydrogens (tertiary/aromatic N) is 2. The number of amides is 1. The second-order valence-electron chi connectivity index (χ2n) is 7.81. The van der Waals surface area contributed by atoms with Crippen LogP contribution in [0.1, 0.15) is 57.1 Å². The molecule has 0 N–H and O–H groups in total. The molecule has 0 saturated carbocycles. The van der Waals surface area contributed by atoms with Gasteiger partial charge in [-0.15, -0.1) is 0 Å². The first-order valence-electron chi connectivity index (χ1n) is 10.2. The largest absolute Gasteiger partial charge is 0.466 e. The standard InChI is InChI=1S/C22H30N2O4/c1-4-20(25)24-12-6-11-22(15-24,21(26)27-5-2)14-18-13-19(23-28-18)17-9-7-16(3)8-10-17/h7-10,18H,4-6,11-15H2,1-3H3. The summed E-state index contributed by atoms with van der Waals surface area (Å²) in [5, 5.41) is 4.27. The Morgan fingerprint density at radius 2 is 2.04 bits per heavy atom. The van der Waals surface area contributed by atoms with Gasteiger partial charge in [-0.3, -0.25) is 9.59 Å². The summed E-state index contributed by atoms with van der Waals surface area (Å²) in [7, 11) is 0. The summed E-state index contributed by atoms with van der Waals surface area (Å²) in [6.07, 6.45) is 2.93. The lowest BCUT2D eigenvalue weighted by Crippen LogP contribution is -2.51. The van der Waals surface area contributed by atoms with Crippen LogP contribution in [0.3, 0.4) is 0 Å². The predicted molar refractivity (Wildman–Crippen MR) is 107 cm³/mol. The Morgan fingerprint density at radius 3 is 2.71 bits per heavy atom. The number of piperidine rings is 1. The first-order valence-corrected chi connectivity index (χ1v) is 10.2. The molecule has 2 aliphatic rings. The molecule has 28 heavy (non-hydrogen) atoms. The molecule has 1 saturated heterocycles. The minimum atomic E-state index is -0.720. The van der Waals surface area contributed by atoms with E-state index in [2.05, 4.69) is 24.2 Å². The summed E-state index contributed by atoms with van der Waals surface area (Å²) in [5.41, 5.74) is 2.43. The van der Waals surface area contributed by atoms with Gasteiger partial charge in [0, 0.05) is 32.4 Å². The average molecular weight is 386 g/mol. The summed E-state index contributed by atoms with van der Waals surface area (Å²) in [5.74, 6) is -0.145. The number of benzene rings is 1. The van der Waals surface area contributed by atoms with E-state index in [9.17, 15) is 9.59 Å². The Balaban J connectivity index is 1.73. The van der Waals surface area contributed by atoms with Crippen LogP contribution in [-0.4, -0.2) is 48.3 Å². The van der Waals surface area contributed by atoms with E-state index in [4.69, 9.17) is 9.57 Å². The van der Waals surface area contributed by atoms with Crippen LogP contribution < -0.4 is 0 Å². The van der Waals surface area contributed by atoms with Crippen LogP contribution in [-0.2, 0) is 19.2 Å². The van der Waals surface area contributed by atoms with Crippen LogP contribution in [0.4, 0.5) is 0 Å². The third-order valence-electron chi connectivity index (χ3n) is 5.68. The molecule has 1 aromatic carbocycles. The molecule has 1 amide bonds. The number of carbonyl (C=O) groups is 2. The number of hydrogen-bond donors (Lipinski definition) is 0. The van der Waals surface area contributed by atoms with Gasteiger partial charge in [-0.1, -0.05) is 41.9 Å². The molecular weight excluding hydrogens is 356 g/mol. The van der Waals surface area contributed by atoms with Gasteiger partial charge in [-0.2, -0.15) is 0 Å². The number of oxime groups is 1. The predicted octanol–water partition coefficient (Wildman–Crippen LogP) is 3.46. The van der Waals surface area contributed by atoms with Crippen molar-refractivity contribution in [3.63, 3.8) is 0 Å². The highest BCUT2D eigenvalue weighted by Gasteiger charge is 2.47. The van der Waals surface area contributed by atoms with Gasteiger partial charge in [-0.25, -0.2) is 0 Å². The van der Waals surface area contributed by atoms with E-state index in [-0.39, 0.29) is 18.0 Å². The van der Waals surface area contributed by atoms with E-state index in [1.807, 2.05) is 26.0 Å². The summed E-state index contributed by atoms with van der Waals surface area (Å²) in [4.78, 5) is 32.7. The zero-order valence-electron chi connectivity index (χ0n) is 17.1. The lowest BCUT2D eigenvalue weighted by Gasteiger charge is -2.41. The maximum absolute atomic E-state index is 12.9. The van der Waals surface area contributed by atoms with Crippen LogP contribution in [0.25, 0.3) is 0 Å². The fourth-order valence-electron chi connectivity index (χ4n) is 4.16. The van der Waals surface area contributed by atoms with Gasteiger partial charge in [0.1, 0.15) is 6.10 Å². The Kier molecular flexibility index (Phi) is 6.37. The van der Waals surface area contributed by atoms with Gasteiger partial charge in [0.25, 0.3) is 0 Å². The molecular formula is C22H30N2O4. The molecule has 2 aliphatic heterocycles. The molecule has 3 rings (SSSR count). The lowest BCUT2D eigenvalue weighted by atomic mass is 9.74. The third kappa shape index (κ3) is 4.37. The minimum Gasteiger partial charge on any atom is -0.466 e. The maximum Gasteiger partial charge on any atom is 0.314 e. The molecule has 2 unspecified atom stereocenters. The highest BCUT2D eigenvalue weighted by molar-refractivity contribution is 6.01. The number of likely N-dealkylation sites (tertiary alicyclic amines) is 1. The molecule has 2 heterocycles. The molecule has 6 nitrogen and oxygen atoms in total. The minimum absolute atomic E-state index is 0.0808. The fraction of sp³-hybridized carbons (Fsp3) is 0.591. The van der Waals surface area contributed by atoms with Crippen LogP contribution in [0.5, 0.6) is 0 Å². The van der Waals surface area contributed by atoms with E-state index < -0.39 is 5.41 Å². The molecule has 1 aromatic rings. The SMILES string of the molecule is CCOC(=O)C1(CC2CC(c3ccc(C)cc3)=NO2)CCCN(C(=O)CC)C1. The second-order valence-corrected chi connectivity index (χ2v) is 7.81. The highest BCUT2D eigenvalue weighted by Crippen LogP contribution is 2.39. The van der Waals surface area contributed by atoms with Crippen LogP contribution >= 0.6 is 0 Å². The molecule has 0 aromatic heterocycles. The van der Waals surface area contributed by atoms with E-state index in [0.29, 0.717) is 45.4 Å². The normalized spacial score (nSPS) is 24.5. The average Bonchev–Trinajstić information content (AvgIpc) is 3.16. The molecule has 6 heteroatoms. The topological polar surface area (TPSA) is 68.2 Å². The molecule has 0 bridgehead atoms. The first kappa shape index (κ1) is 20.4. The number of carbonyl (C=O) groups excluding carboxylic acids is 2. The van der Waals surface area contributed by atoms with Gasteiger partial charge < -0.3 is 14.5 Å². The maximum atomic E-state index is 12.9. The number of aryl methyl sites for hydroxylation is 1. The highest BCUT2D eigenvalue weighted by atomic mass is 16.6. The number of rotatable bonds is 6. The van der Waals surface area contributed by atoms with Crippen molar-refractivity contribution in [2.75, 3.05) is 19.7 Å². The zero-order chi connectivity index (χ0) is 20.1. The molecule has 152 valence electrons. The number of esters is 1. The van der Waals surface area contributed by atoms with Gasteiger partial charge >= 0.3 is 5.97 Å². The number of ether oxygens (including phenoxy) is 1. The Labute approximate surface area is 166 Å². The van der Waals surface area contributed by atoms with E-state index in [1.54, 1.807) is 4.90 Å². The van der Waals surface area contributed by atoms with Gasteiger partial charge in [0.05, 0.1) is 17.7 Å². The van der Waals surface area contributed by atoms with Crippen LogP contribution in [0.2, 0.25) is 0 Å². The van der Waals surface area contributed by atoms with Crippen molar-refractivity contribution in [1.82, 2.24) is 4.90 Å². The molecule has 2 atom stereocenters. The van der Waals surface area contributed by atoms with E-state index >= 15 is 0 Å². The molecule has 1 fully saturated rings.